The van der Waals surface area contributed by atoms with Crippen molar-refractivity contribution in [3.63, 3.8) is 0 Å². The summed E-state index contributed by atoms with van der Waals surface area (Å²) >= 11 is 1.54. The summed E-state index contributed by atoms with van der Waals surface area (Å²) in [7, 11) is 0. The maximum Gasteiger partial charge on any atom is 0.255 e. The van der Waals surface area contributed by atoms with E-state index < -0.39 is 6.04 Å². The SMILES string of the molecule is CCCCCNC(=O)[C@H]1CS[C@@H](c2ccc(F)cc2)N1C(=O)c1ccc(C)cc1. The molecule has 29 heavy (non-hydrogen) atoms. The topological polar surface area (TPSA) is 49.4 Å². The van der Waals surface area contributed by atoms with Crippen LogP contribution < -0.4 is 5.32 Å². The van der Waals surface area contributed by atoms with Crippen molar-refractivity contribution < 1.29 is 14.0 Å². The van der Waals surface area contributed by atoms with Gasteiger partial charge in [0.25, 0.3) is 5.91 Å². The lowest BCUT2D eigenvalue weighted by molar-refractivity contribution is -0.124. The minimum absolute atomic E-state index is 0.126. The molecule has 4 nitrogen and oxygen atoms in total. The van der Waals surface area contributed by atoms with Crippen LogP contribution in [0.3, 0.4) is 0 Å². The summed E-state index contributed by atoms with van der Waals surface area (Å²) < 4.78 is 13.4. The van der Waals surface area contributed by atoms with Gasteiger partial charge in [0.05, 0.1) is 0 Å². The molecule has 0 unspecified atom stereocenters. The minimum atomic E-state index is -0.550. The van der Waals surface area contributed by atoms with Crippen molar-refractivity contribution in [1.82, 2.24) is 10.2 Å². The van der Waals surface area contributed by atoms with Crippen molar-refractivity contribution in [2.45, 2.75) is 44.5 Å². The predicted octanol–water partition coefficient (Wildman–Crippen LogP) is 4.70. The van der Waals surface area contributed by atoms with Crippen LogP contribution in [-0.2, 0) is 4.79 Å². The van der Waals surface area contributed by atoms with Crippen molar-refractivity contribution in [3.8, 4) is 0 Å². The van der Waals surface area contributed by atoms with Crippen LogP contribution in [-0.4, -0.2) is 35.1 Å². The fourth-order valence-electron chi connectivity index (χ4n) is 3.39. The van der Waals surface area contributed by atoms with Crippen LogP contribution in [0.15, 0.2) is 48.5 Å². The number of thioether (sulfide) groups is 1. The van der Waals surface area contributed by atoms with E-state index in [1.807, 2.05) is 19.1 Å². The van der Waals surface area contributed by atoms with E-state index >= 15 is 0 Å². The molecule has 1 aliphatic rings. The standard InChI is InChI=1S/C23H27FN2O2S/c1-3-4-5-14-25-21(27)20-15-29-23(18-10-12-19(24)13-11-18)26(20)22(28)17-8-6-16(2)7-9-17/h6-13,20,23H,3-5,14-15H2,1-2H3,(H,25,27)/t20-,23+/m1/s1. The Bertz CT molecular complexity index is 839. The van der Waals surface area contributed by atoms with E-state index in [4.69, 9.17) is 0 Å². The van der Waals surface area contributed by atoms with E-state index in [1.54, 1.807) is 29.2 Å². The number of rotatable bonds is 7. The van der Waals surface area contributed by atoms with Gasteiger partial charge in [-0.25, -0.2) is 4.39 Å². The highest BCUT2D eigenvalue weighted by Gasteiger charge is 2.42. The summed E-state index contributed by atoms with van der Waals surface area (Å²) in [6.45, 7) is 4.69. The van der Waals surface area contributed by atoms with Crippen molar-refractivity contribution in [3.05, 3.63) is 71.0 Å². The Hall–Kier alpha value is -2.34. The second kappa shape index (κ2) is 9.92. The van der Waals surface area contributed by atoms with Gasteiger partial charge in [-0.3, -0.25) is 9.59 Å². The van der Waals surface area contributed by atoms with Crippen LogP contribution >= 0.6 is 11.8 Å². The van der Waals surface area contributed by atoms with E-state index in [-0.39, 0.29) is 23.0 Å². The van der Waals surface area contributed by atoms with Gasteiger partial charge in [0.1, 0.15) is 17.2 Å². The van der Waals surface area contributed by atoms with Gasteiger partial charge in [0, 0.05) is 17.9 Å². The average molecular weight is 415 g/mol. The Labute approximate surface area is 175 Å². The third kappa shape index (κ3) is 5.18. The molecule has 3 rings (SSSR count). The van der Waals surface area contributed by atoms with Crippen molar-refractivity contribution >= 4 is 23.6 Å². The largest absolute Gasteiger partial charge is 0.354 e. The molecule has 1 fully saturated rings. The van der Waals surface area contributed by atoms with Crippen LogP contribution in [0, 0.1) is 12.7 Å². The van der Waals surface area contributed by atoms with Crippen molar-refractivity contribution in [2.75, 3.05) is 12.3 Å². The maximum absolute atomic E-state index is 13.4. The van der Waals surface area contributed by atoms with E-state index in [1.165, 1.54) is 23.9 Å². The molecule has 2 aromatic rings. The number of hydrogen-bond donors (Lipinski definition) is 1. The van der Waals surface area contributed by atoms with Crippen LogP contribution in [0.5, 0.6) is 0 Å². The lowest BCUT2D eigenvalue weighted by Gasteiger charge is -2.29. The van der Waals surface area contributed by atoms with Crippen LogP contribution in [0.1, 0.15) is 53.0 Å². The second-order valence-electron chi connectivity index (χ2n) is 7.33. The molecule has 0 aliphatic carbocycles. The summed E-state index contributed by atoms with van der Waals surface area (Å²) in [5.74, 6) is -0.116. The lowest BCUT2D eigenvalue weighted by atomic mass is 10.1. The lowest BCUT2D eigenvalue weighted by Crippen LogP contribution is -2.48. The first kappa shape index (κ1) is 21.4. The van der Waals surface area contributed by atoms with Crippen molar-refractivity contribution in [1.29, 1.82) is 0 Å². The Morgan fingerprint density at radius 2 is 1.79 bits per heavy atom. The predicted molar refractivity (Wildman–Crippen MR) is 115 cm³/mol. The molecule has 1 saturated heterocycles. The first-order valence-electron chi connectivity index (χ1n) is 10.1. The third-order valence-corrected chi connectivity index (χ3v) is 6.39. The number of halogens is 1. The maximum atomic E-state index is 13.4. The van der Waals surface area contributed by atoms with E-state index in [0.717, 1.165) is 30.4 Å². The molecule has 1 N–H and O–H groups in total. The Kier molecular flexibility index (Phi) is 7.31. The van der Waals surface area contributed by atoms with Crippen LogP contribution in [0.25, 0.3) is 0 Å². The zero-order valence-corrected chi connectivity index (χ0v) is 17.7. The van der Waals surface area contributed by atoms with Gasteiger partial charge in [-0.1, -0.05) is 49.6 Å². The van der Waals surface area contributed by atoms with Gasteiger partial charge in [0.2, 0.25) is 5.91 Å². The molecule has 0 bridgehead atoms. The second-order valence-corrected chi connectivity index (χ2v) is 8.44. The summed E-state index contributed by atoms with van der Waals surface area (Å²) in [5.41, 5.74) is 2.43. The van der Waals surface area contributed by atoms with Gasteiger partial charge in [-0.05, 0) is 43.2 Å². The van der Waals surface area contributed by atoms with Gasteiger partial charge in [-0.2, -0.15) is 0 Å². The summed E-state index contributed by atoms with van der Waals surface area (Å²) in [6.07, 6.45) is 3.07. The highest BCUT2D eigenvalue weighted by atomic mass is 32.2. The zero-order chi connectivity index (χ0) is 20.8. The molecule has 0 spiro atoms. The number of benzene rings is 2. The molecule has 1 aliphatic heterocycles. The number of unbranched alkanes of at least 4 members (excludes halogenated alkanes) is 2. The highest BCUT2D eigenvalue weighted by Crippen LogP contribution is 2.42. The normalized spacial score (nSPS) is 18.7. The van der Waals surface area contributed by atoms with Gasteiger partial charge < -0.3 is 10.2 Å². The van der Waals surface area contributed by atoms with Gasteiger partial charge in [0.15, 0.2) is 0 Å². The molecule has 154 valence electrons. The smallest absolute Gasteiger partial charge is 0.255 e. The Balaban J connectivity index is 1.85. The molecule has 1 heterocycles. The fraction of sp³-hybridized carbons (Fsp3) is 0.391. The van der Waals surface area contributed by atoms with Crippen LogP contribution in [0.4, 0.5) is 4.39 Å². The molecular formula is C23H27FN2O2S. The van der Waals surface area contributed by atoms with Gasteiger partial charge >= 0.3 is 0 Å². The average Bonchev–Trinajstić information content (AvgIpc) is 3.17. The van der Waals surface area contributed by atoms with Crippen molar-refractivity contribution in [2.24, 2.45) is 0 Å². The van der Waals surface area contributed by atoms with Gasteiger partial charge in [-0.15, -0.1) is 11.8 Å². The summed E-state index contributed by atoms with van der Waals surface area (Å²) in [4.78, 5) is 27.9. The summed E-state index contributed by atoms with van der Waals surface area (Å²) in [5, 5.41) is 2.66. The molecule has 0 saturated carbocycles. The van der Waals surface area contributed by atoms with Crippen LogP contribution in [0.2, 0.25) is 0 Å². The monoisotopic (exact) mass is 414 g/mol. The number of amides is 2. The highest BCUT2D eigenvalue weighted by molar-refractivity contribution is 7.99. The Morgan fingerprint density at radius 3 is 2.45 bits per heavy atom. The molecule has 2 amide bonds. The number of nitrogens with one attached hydrogen (secondary N) is 1. The Morgan fingerprint density at radius 1 is 1.10 bits per heavy atom. The number of nitrogens with zero attached hydrogens (tertiary/aromatic N) is 1. The summed E-state index contributed by atoms with van der Waals surface area (Å²) in [6, 6.07) is 13.0. The molecule has 0 aromatic heterocycles. The number of aryl methyl sites for hydroxylation is 1. The number of hydrogen-bond acceptors (Lipinski definition) is 3. The van der Waals surface area contributed by atoms with E-state index in [2.05, 4.69) is 12.2 Å². The van der Waals surface area contributed by atoms with E-state index in [0.29, 0.717) is 17.9 Å². The molecule has 2 aromatic carbocycles. The first-order valence-corrected chi connectivity index (χ1v) is 11.1. The zero-order valence-electron chi connectivity index (χ0n) is 16.9. The molecular weight excluding hydrogens is 387 g/mol. The molecule has 6 heteroatoms. The molecule has 2 atom stereocenters. The number of carbonyl (C=O) groups is 2. The third-order valence-electron chi connectivity index (χ3n) is 5.07. The fourth-order valence-corrected chi connectivity index (χ4v) is 4.82. The van der Waals surface area contributed by atoms with E-state index in [9.17, 15) is 14.0 Å². The minimum Gasteiger partial charge on any atom is -0.354 e. The molecule has 0 radical (unpaired) electrons. The first-order chi connectivity index (χ1) is 14.0. The number of carbonyl (C=O) groups excluding carboxylic acids is 2. The quantitative estimate of drug-likeness (QED) is 0.669.